The molecule has 0 aliphatic heterocycles. The van der Waals surface area contributed by atoms with Gasteiger partial charge in [-0.2, -0.15) is 0 Å². The van der Waals surface area contributed by atoms with E-state index in [9.17, 15) is 47.9 Å². The van der Waals surface area contributed by atoms with E-state index in [-0.39, 0.29) is 110 Å². The van der Waals surface area contributed by atoms with E-state index in [2.05, 4.69) is 26.6 Å². The summed E-state index contributed by atoms with van der Waals surface area (Å²) in [5.41, 5.74) is 3.36. The molecule has 1 aliphatic rings. The number of carbonyl (C=O) groups excluding carboxylic acids is 10. The molecular formula is C61H91N5O18. The number of fused-ring (bicyclic) bond motifs is 3. The van der Waals surface area contributed by atoms with Gasteiger partial charge < -0.3 is 64.5 Å². The van der Waals surface area contributed by atoms with Gasteiger partial charge in [-0.3, -0.25) is 33.6 Å². The zero-order valence-electron chi connectivity index (χ0n) is 50.2. The summed E-state index contributed by atoms with van der Waals surface area (Å²) in [5.74, 6) is -6.48. The molecule has 5 N–H and O–H groups in total. The van der Waals surface area contributed by atoms with Crippen LogP contribution in [0, 0.1) is 0 Å². The second-order valence-electron chi connectivity index (χ2n) is 21.2. The number of benzene rings is 2. The van der Waals surface area contributed by atoms with E-state index in [4.69, 9.17) is 37.9 Å². The summed E-state index contributed by atoms with van der Waals surface area (Å²) in [6.45, 7) is 12.6. The number of ether oxygens (including phenoxy) is 8. The first-order valence-corrected chi connectivity index (χ1v) is 29.6. The number of nitrogens with one attached hydrogen (secondary N) is 5. The van der Waals surface area contributed by atoms with Crippen LogP contribution in [0.5, 0.6) is 0 Å². The first-order valence-electron chi connectivity index (χ1n) is 29.6. The monoisotopic (exact) mass is 1180 g/mol. The Morgan fingerprint density at radius 3 is 1.45 bits per heavy atom. The van der Waals surface area contributed by atoms with Crippen molar-refractivity contribution in [2.24, 2.45) is 0 Å². The zero-order valence-corrected chi connectivity index (χ0v) is 50.2. The van der Waals surface area contributed by atoms with Gasteiger partial charge in [-0.1, -0.05) is 102 Å². The summed E-state index contributed by atoms with van der Waals surface area (Å²) in [4.78, 5) is 131. The Morgan fingerprint density at radius 1 is 0.464 bits per heavy atom. The van der Waals surface area contributed by atoms with Crippen molar-refractivity contribution in [2.75, 3.05) is 66.0 Å². The molecule has 4 atom stereocenters. The smallest absolute Gasteiger partial charge is 0.407 e. The second kappa shape index (κ2) is 40.2. The van der Waals surface area contributed by atoms with E-state index in [0.29, 0.717) is 32.1 Å². The summed E-state index contributed by atoms with van der Waals surface area (Å²) < 4.78 is 43.4. The molecule has 4 unspecified atom stereocenters. The maximum Gasteiger partial charge on any atom is 0.407 e. The molecule has 2 aromatic rings. The Morgan fingerprint density at radius 2 is 0.917 bits per heavy atom. The molecular weight excluding hydrogens is 1090 g/mol. The third-order valence-electron chi connectivity index (χ3n) is 13.0. The normalized spacial score (nSPS) is 13.1. The summed E-state index contributed by atoms with van der Waals surface area (Å²) in [6, 6.07) is 10.5. The molecule has 23 heteroatoms. The van der Waals surface area contributed by atoms with Crippen LogP contribution in [-0.4, -0.2) is 155 Å². The van der Waals surface area contributed by atoms with Crippen molar-refractivity contribution in [3.63, 3.8) is 0 Å². The highest BCUT2D eigenvalue weighted by molar-refractivity contribution is 5.92. The Hall–Kier alpha value is -7.14. The van der Waals surface area contributed by atoms with Crippen LogP contribution >= 0.6 is 0 Å². The van der Waals surface area contributed by atoms with E-state index in [1.54, 1.807) is 20.8 Å². The fourth-order valence-corrected chi connectivity index (χ4v) is 8.44. The van der Waals surface area contributed by atoms with Crippen molar-refractivity contribution in [3.05, 3.63) is 59.7 Å². The molecule has 1 aliphatic carbocycles. The van der Waals surface area contributed by atoms with Gasteiger partial charge in [-0.15, -0.1) is 0 Å². The summed E-state index contributed by atoms with van der Waals surface area (Å²) >= 11 is 0. The molecule has 2 aromatic carbocycles. The molecule has 0 saturated heterocycles. The maximum absolute atomic E-state index is 14.0. The van der Waals surface area contributed by atoms with Crippen LogP contribution in [0.1, 0.15) is 168 Å². The molecule has 468 valence electrons. The third-order valence-corrected chi connectivity index (χ3v) is 13.0. The molecule has 0 aromatic heterocycles. The highest BCUT2D eigenvalue weighted by atomic mass is 16.6. The number of hydrogen-bond donors (Lipinski definition) is 5. The first-order chi connectivity index (χ1) is 40.3. The van der Waals surface area contributed by atoms with Gasteiger partial charge in [-0.25, -0.2) is 14.4 Å². The topological polar surface area (TPSA) is 305 Å². The minimum atomic E-state index is -1.45. The lowest BCUT2D eigenvalue weighted by atomic mass is 9.98. The Labute approximate surface area is 494 Å². The Bertz CT molecular complexity index is 2370. The van der Waals surface area contributed by atoms with Crippen molar-refractivity contribution >= 4 is 59.6 Å². The summed E-state index contributed by atoms with van der Waals surface area (Å²) in [6.07, 6.45) is 2.84. The van der Waals surface area contributed by atoms with Crippen LogP contribution in [-0.2, 0) is 81.0 Å². The minimum Gasteiger partial charge on any atom is -0.466 e. The molecule has 0 bridgehead atoms. The lowest BCUT2D eigenvalue weighted by Gasteiger charge is -2.23. The highest BCUT2D eigenvalue weighted by Crippen LogP contribution is 2.44. The second-order valence-corrected chi connectivity index (χ2v) is 21.2. The Balaban J connectivity index is 1.62. The molecule has 0 saturated carbocycles. The number of amides is 5. The molecule has 0 spiro atoms. The Kier molecular flexibility index (Phi) is 34.0. The molecule has 23 nitrogen and oxygen atoms in total. The molecule has 0 fully saturated rings. The van der Waals surface area contributed by atoms with E-state index in [0.717, 1.165) is 41.5 Å². The molecule has 0 radical (unpaired) electrons. The third kappa shape index (κ3) is 28.4. The van der Waals surface area contributed by atoms with Gasteiger partial charge in [0.1, 0.15) is 43.0 Å². The van der Waals surface area contributed by atoms with Gasteiger partial charge >= 0.3 is 35.9 Å². The number of rotatable bonds is 42. The predicted molar refractivity (Wildman–Crippen MR) is 309 cm³/mol. The average molecular weight is 1180 g/mol. The van der Waals surface area contributed by atoms with Crippen LogP contribution < -0.4 is 26.6 Å². The van der Waals surface area contributed by atoms with Crippen molar-refractivity contribution in [1.29, 1.82) is 0 Å². The maximum atomic E-state index is 14.0. The fraction of sp³-hybridized carbons (Fsp3) is 0.639. The van der Waals surface area contributed by atoms with Crippen molar-refractivity contribution < 1.29 is 85.8 Å². The van der Waals surface area contributed by atoms with Crippen molar-refractivity contribution in [1.82, 2.24) is 26.6 Å². The van der Waals surface area contributed by atoms with Crippen LogP contribution in [0.4, 0.5) is 4.79 Å². The molecule has 0 heterocycles. The zero-order chi connectivity index (χ0) is 61.7. The molecule has 5 amide bonds. The fourth-order valence-electron chi connectivity index (χ4n) is 8.44. The van der Waals surface area contributed by atoms with Crippen LogP contribution in [0.15, 0.2) is 48.5 Å². The summed E-state index contributed by atoms with van der Waals surface area (Å²) in [5, 5.41) is 13.0. The predicted octanol–water partition coefficient (Wildman–Crippen LogP) is 6.33. The van der Waals surface area contributed by atoms with E-state index in [1.807, 2.05) is 76.2 Å². The number of hydrogen-bond acceptors (Lipinski definition) is 18. The van der Waals surface area contributed by atoms with Crippen LogP contribution in [0.25, 0.3) is 11.1 Å². The standard InChI is InChI=1S/C61H91N5O18/c1-8-12-33-79-53(69)29-26-49(58(74)81-35-14-10-3)64-51(67)28-24-48(57(73)65-50(59(75)82-36-15-11-4)27-30-54(70)80-34-13-9-2)63-52(68)41-78-39-38-77-37-32-62-56(72)47(25-31-55(71)84-61(5,6)7)66-60(76)83-40-46-44-22-18-16-20-42(44)43-21-17-19-23-45(43)46/h16-23,46-50H,8-15,24-41H2,1-7H3,(H,62,72)(H,63,68)(H,64,67)(H,65,73)(H,66,76). The van der Waals surface area contributed by atoms with Gasteiger partial charge in [-0.05, 0) is 94.4 Å². The SMILES string of the molecule is CCCCOC(=O)CCC(NC(=O)CCC(NC(=O)COCCOCCNC(=O)C(CCC(=O)OC(C)(C)C)NC(=O)OCC1c2ccccc2-c2ccccc21)C(=O)NC(CCC(=O)OCCCC)C(=O)OCCCC)C(=O)OCCCC. The number of unbranched alkanes of at least 4 members (excludes halogenated alkanes) is 4. The van der Waals surface area contributed by atoms with Gasteiger partial charge in [0.25, 0.3) is 0 Å². The first kappa shape index (κ1) is 71.1. The molecule has 84 heavy (non-hydrogen) atoms. The number of alkyl carbamates (subject to hydrolysis) is 1. The lowest BCUT2D eigenvalue weighted by molar-refractivity contribution is -0.155. The summed E-state index contributed by atoms with van der Waals surface area (Å²) in [7, 11) is 0. The molecule has 3 rings (SSSR count). The van der Waals surface area contributed by atoms with E-state index < -0.39 is 102 Å². The highest BCUT2D eigenvalue weighted by Gasteiger charge is 2.33. The number of esters is 5. The van der Waals surface area contributed by atoms with Gasteiger partial charge in [0.05, 0.1) is 46.2 Å². The van der Waals surface area contributed by atoms with Gasteiger partial charge in [0, 0.05) is 38.1 Å². The largest absolute Gasteiger partial charge is 0.466 e. The number of carbonyl (C=O) groups is 10. The quantitative estimate of drug-likeness (QED) is 0.0275. The van der Waals surface area contributed by atoms with E-state index in [1.165, 1.54) is 0 Å². The van der Waals surface area contributed by atoms with Crippen molar-refractivity contribution in [2.45, 2.75) is 187 Å². The van der Waals surface area contributed by atoms with Crippen LogP contribution in [0.2, 0.25) is 0 Å². The van der Waals surface area contributed by atoms with Gasteiger partial charge in [0.2, 0.25) is 23.6 Å². The van der Waals surface area contributed by atoms with Crippen molar-refractivity contribution in [3.8, 4) is 11.1 Å². The minimum absolute atomic E-state index is 0.00626. The van der Waals surface area contributed by atoms with Crippen LogP contribution in [0.3, 0.4) is 0 Å². The average Bonchev–Trinajstić information content (AvgIpc) is 2.53. The van der Waals surface area contributed by atoms with Gasteiger partial charge in [0.15, 0.2) is 0 Å². The lowest BCUT2D eigenvalue weighted by Crippen LogP contribution is -2.53. The van der Waals surface area contributed by atoms with E-state index >= 15 is 0 Å².